The van der Waals surface area contributed by atoms with Crippen LogP contribution in [-0.2, 0) is 10.8 Å². The van der Waals surface area contributed by atoms with Crippen molar-refractivity contribution < 1.29 is 0 Å². The molecule has 0 amide bonds. The van der Waals surface area contributed by atoms with Gasteiger partial charge in [0.1, 0.15) is 0 Å². The van der Waals surface area contributed by atoms with Gasteiger partial charge < -0.3 is 0 Å². The lowest BCUT2D eigenvalue weighted by atomic mass is 9.79. The van der Waals surface area contributed by atoms with Crippen LogP contribution in [0.1, 0.15) is 49.9 Å². The van der Waals surface area contributed by atoms with Gasteiger partial charge in [0.25, 0.3) is 0 Å². The summed E-state index contributed by atoms with van der Waals surface area (Å²) in [7, 11) is 0. The summed E-state index contributed by atoms with van der Waals surface area (Å²) in [5.41, 5.74) is 18.6. The molecule has 0 nitrogen and oxygen atoms in total. The number of fused-ring (bicyclic) bond motifs is 8. The largest absolute Gasteiger partial charge is 0.0622 e. The Bertz CT molecular complexity index is 2630. The minimum absolute atomic E-state index is 0.0157. The van der Waals surface area contributed by atoms with Gasteiger partial charge in [-0.25, -0.2) is 0 Å². The molecule has 0 bridgehead atoms. The van der Waals surface area contributed by atoms with Crippen molar-refractivity contribution in [1.29, 1.82) is 0 Å². The van der Waals surface area contributed by atoms with Gasteiger partial charge in [-0.15, -0.1) is 0 Å². The van der Waals surface area contributed by atoms with E-state index in [2.05, 4.69) is 185 Å². The molecule has 0 unspecified atom stereocenters. The highest BCUT2D eigenvalue weighted by atomic mass is 14.4. The monoisotopic (exact) mass is 638 g/mol. The lowest BCUT2D eigenvalue weighted by molar-refractivity contribution is 0.659. The molecule has 0 aliphatic heterocycles. The van der Waals surface area contributed by atoms with Crippen molar-refractivity contribution >= 4 is 21.5 Å². The summed E-state index contributed by atoms with van der Waals surface area (Å²) in [5.74, 6) is 0. The molecule has 50 heavy (non-hydrogen) atoms. The van der Waals surface area contributed by atoms with Crippen LogP contribution >= 0.6 is 0 Å². The molecule has 0 radical (unpaired) electrons. The first kappa shape index (κ1) is 29.2. The van der Waals surface area contributed by atoms with Crippen molar-refractivity contribution in [3.05, 3.63) is 180 Å². The summed E-state index contributed by atoms with van der Waals surface area (Å²) in [4.78, 5) is 0. The average molecular weight is 639 g/mol. The van der Waals surface area contributed by atoms with Crippen molar-refractivity contribution in [1.82, 2.24) is 0 Å². The lowest BCUT2D eigenvalue weighted by Crippen LogP contribution is -2.15. The molecule has 8 aromatic rings. The molecular weight excluding hydrogens is 601 g/mol. The Morgan fingerprint density at radius 3 is 1.16 bits per heavy atom. The Hall–Kier alpha value is -5.72. The van der Waals surface area contributed by atoms with Crippen LogP contribution < -0.4 is 0 Å². The number of rotatable bonds is 3. The number of benzene rings is 8. The first-order chi connectivity index (χ1) is 24.3. The van der Waals surface area contributed by atoms with E-state index in [1.807, 2.05) is 0 Å². The molecule has 2 aliphatic rings. The average Bonchev–Trinajstić information content (AvgIpc) is 3.52. The normalized spacial score (nSPS) is 14.7. The van der Waals surface area contributed by atoms with Crippen LogP contribution in [0.3, 0.4) is 0 Å². The molecular formula is C50H38. The molecule has 0 saturated carbocycles. The summed E-state index contributed by atoms with van der Waals surface area (Å²) in [6, 6.07) is 59.1. The Morgan fingerprint density at radius 1 is 0.280 bits per heavy atom. The van der Waals surface area contributed by atoms with E-state index in [9.17, 15) is 0 Å². The molecule has 0 heteroatoms. The first-order valence-corrected chi connectivity index (χ1v) is 17.9. The highest BCUT2D eigenvalue weighted by Crippen LogP contribution is 2.53. The molecule has 0 spiro atoms. The molecule has 0 atom stereocenters. The van der Waals surface area contributed by atoms with Gasteiger partial charge in [0.2, 0.25) is 0 Å². The predicted molar refractivity (Wildman–Crippen MR) is 213 cm³/mol. The van der Waals surface area contributed by atoms with E-state index < -0.39 is 0 Å². The van der Waals surface area contributed by atoms with Crippen LogP contribution in [0.5, 0.6) is 0 Å². The van der Waals surface area contributed by atoms with E-state index in [4.69, 9.17) is 0 Å². The maximum Gasteiger partial charge on any atom is 0.0159 e. The molecule has 0 fully saturated rings. The zero-order chi connectivity index (χ0) is 33.8. The van der Waals surface area contributed by atoms with Gasteiger partial charge in [-0.1, -0.05) is 167 Å². The van der Waals surface area contributed by atoms with Crippen LogP contribution in [0.15, 0.2) is 158 Å². The third-order valence-electron chi connectivity index (χ3n) is 11.9. The maximum atomic E-state index is 2.49. The minimum Gasteiger partial charge on any atom is -0.0622 e. The topological polar surface area (TPSA) is 0 Å². The van der Waals surface area contributed by atoms with E-state index in [-0.39, 0.29) is 10.8 Å². The zero-order valence-corrected chi connectivity index (χ0v) is 29.0. The fourth-order valence-corrected chi connectivity index (χ4v) is 9.31. The first-order valence-electron chi connectivity index (χ1n) is 17.9. The molecule has 0 aromatic heterocycles. The van der Waals surface area contributed by atoms with Crippen molar-refractivity contribution in [3.8, 4) is 55.6 Å². The zero-order valence-electron chi connectivity index (χ0n) is 29.0. The molecule has 8 aromatic carbocycles. The fourth-order valence-electron chi connectivity index (χ4n) is 9.31. The summed E-state index contributed by atoms with van der Waals surface area (Å²) in [6.45, 7) is 9.54. The van der Waals surface area contributed by atoms with Gasteiger partial charge in [0.05, 0.1) is 0 Å². The van der Waals surface area contributed by atoms with Gasteiger partial charge in [-0.2, -0.15) is 0 Å². The highest BCUT2D eigenvalue weighted by molar-refractivity contribution is 6.21. The fraction of sp³-hybridized carbons (Fsp3) is 0.120. The molecule has 238 valence electrons. The number of hydrogen-bond donors (Lipinski definition) is 0. The van der Waals surface area contributed by atoms with E-state index in [0.717, 1.165) is 0 Å². The van der Waals surface area contributed by atoms with Crippen molar-refractivity contribution in [2.75, 3.05) is 0 Å². The standard InChI is InChI=1S/C50H38/c1-49(2)43-21-13-12-16-35(43)36-25-22-32(28-44(36)49)33-23-26-37-38-27-24-34(30-46(38)50(3,4)45(37)29-33)48-41-19-10-8-17-39(41)47(31-14-6-5-7-15-31)40-18-9-11-20-42(40)48/h5-30H,1-4H3. The molecule has 0 saturated heterocycles. The number of hydrogen-bond acceptors (Lipinski definition) is 0. The van der Waals surface area contributed by atoms with E-state index >= 15 is 0 Å². The second kappa shape index (κ2) is 10.4. The SMILES string of the molecule is CC1(C)c2ccccc2-c2ccc(-c3ccc4c(c3)C(C)(C)c3cc(-c5c6ccccc6c(-c6ccccc6)c6ccccc56)ccc3-4)cc21. The summed E-state index contributed by atoms with van der Waals surface area (Å²) >= 11 is 0. The van der Waals surface area contributed by atoms with Crippen LogP contribution in [-0.4, -0.2) is 0 Å². The van der Waals surface area contributed by atoms with Gasteiger partial charge in [-0.3, -0.25) is 0 Å². The van der Waals surface area contributed by atoms with Crippen molar-refractivity contribution in [2.24, 2.45) is 0 Å². The Morgan fingerprint density at radius 2 is 0.640 bits per heavy atom. The molecule has 10 rings (SSSR count). The van der Waals surface area contributed by atoms with Gasteiger partial charge >= 0.3 is 0 Å². The molecule has 2 aliphatic carbocycles. The lowest BCUT2D eigenvalue weighted by Gasteiger charge is -2.24. The third kappa shape index (κ3) is 4.00. The second-order valence-corrected chi connectivity index (χ2v) is 15.3. The minimum atomic E-state index is -0.140. The van der Waals surface area contributed by atoms with E-state index in [0.29, 0.717) is 0 Å². The Kier molecular flexibility index (Phi) is 6.07. The second-order valence-electron chi connectivity index (χ2n) is 15.3. The van der Waals surface area contributed by atoms with Crippen molar-refractivity contribution in [2.45, 2.75) is 38.5 Å². The van der Waals surface area contributed by atoms with Crippen LogP contribution in [0.4, 0.5) is 0 Å². The summed E-state index contributed by atoms with van der Waals surface area (Å²) in [6.07, 6.45) is 0. The van der Waals surface area contributed by atoms with Gasteiger partial charge in [-0.05, 0) is 118 Å². The quantitative estimate of drug-likeness (QED) is 0.169. The summed E-state index contributed by atoms with van der Waals surface area (Å²) in [5, 5.41) is 5.17. The maximum absolute atomic E-state index is 2.49. The third-order valence-corrected chi connectivity index (χ3v) is 11.9. The van der Waals surface area contributed by atoms with E-state index in [1.54, 1.807) is 0 Å². The molecule has 0 heterocycles. The van der Waals surface area contributed by atoms with Gasteiger partial charge in [0, 0.05) is 10.8 Å². The molecule has 0 N–H and O–H groups in total. The van der Waals surface area contributed by atoms with Crippen LogP contribution in [0.25, 0.3) is 77.2 Å². The van der Waals surface area contributed by atoms with Crippen molar-refractivity contribution in [3.63, 3.8) is 0 Å². The predicted octanol–water partition coefficient (Wildman–Crippen LogP) is 13.6. The Labute approximate surface area is 294 Å². The highest BCUT2D eigenvalue weighted by Gasteiger charge is 2.37. The van der Waals surface area contributed by atoms with Crippen LogP contribution in [0.2, 0.25) is 0 Å². The van der Waals surface area contributed by atoms with E-state index in [1.165, 1.54) is 99.4 Å². The summed E-state index contributed by atoms with van der Waals surface area (Å²) < 4.78 is 0. The smallest absolute Gasteiger partial charge is 0.0159 e. The Balaban J connectivity index is 1.11. The van der Waals surface area contributed by atoms with Crippen LogP contribution in [0, 0.1) is 0 Å². The van der Waals surface area contributed by atoms with Gasteiger partial charge in [0.15, 0.2) is 0 Å².